The lowest BCUT2D eigenvalue weighted by atomic mass is 10.1. The van der Waals surface area contributed by atoms with Crippen LogP contribution in [-0.2, 0) is 21.2 Å². The fourth-order valence-electron chi connectivity index (χ4n) is 2.56. The summed E-state index contributed by atoms with van der Waals surface area (Å²) in [5, 5.41) is 2.98. The molecule has 0 saturated carbocycles. The molecule has 0 fully saturated rings. The molecular weight excluding hydrogens is 428 g/mol. The van der Waals surface area contributed by atoms with Crippen molar-refractivity contribution in [3.63, 3.8) is 0 Å². The van der Waals surface area contributed by atoms with Crippen LogP contribution in [0, 0.1) is 0 Å². The zero-order valence-electron chi connectivity index (χ0n) is 15.5. The van der Waals surface area contributed by atoms with Crippen LogP contribution in [0.1, 0.15) is 43.9 Å². The minimum Gasteiger partial charge on any atom is -0.350 e. The van der Waals surface area contributed by atoms with Crippen molar-refractivity contribution in [1.29, 1.82) is 0 Å². The fourth-order valence-corrected chi connectivity index (χ4v) is 3.96. The van der Waals surface area contributed by atoms with Gasteiger partial charge >= 0.3 is 0 Å². The third-order valence-corrected chi connectivity index (χ3v) is 6.17. The van der Waals surface area contributed by atoms with E-state index >= 15 is 0 Å². The van der Waals surface area contributed by atoms with Crippen LogP contribution in [0.2, 0.25) is 0 Å². The molecule has 0 heterocycles. The number of benzene rings is 2. The second kappa shape index (κ2) is 10.0. The van der Waals surface area contributed by atoms with E-state index in [0.717, 1.165) is 22.0 Å². The molecule has 0 saturated heterocycles. The van der Waals surface area contributed by atoms with Crippen LogP contribution in [0.3, 0.4) is 0 Å². The van der Waals surface area contributed by atoms with Crippen LogP contribution in [0.15, 0.2) is 57.9 Å². The number of hydrogen-bond acceptors (Lipinski definition) is 3. The van der Waals surface area contributed by atoms with Gasteiger partial charge in [0.1, 0.15) is 0 Å². The van der Waals surface area contributed by atoms with Crippen LogP contribution >= 0.6 is 15.9 Å². The highest BCUT2D eigenvalue weighted by molar-refractivity contribution is 9.10. The van der Waals surface area contributed by atoms with Crippen LogP contribution < -0.4 is 10.0 Å². The molecule has 2 aromatic carbocycles. The molecule has 5 nitrogen and oxygen atoms in total. The Morgan fingerprint density at radius 1 is 1.07 bits per heavy atom. The predicted octanol–water partition coefficient (Wildman–Crippen LogP) is 3.95. The zero-order valence-corrected chi connectivity index (χ0v) is 17.9. The van der Waals surface area contributed by atoms with Crippen molar-refractivity contribution in [2.75, 3.05) is 6.54 Å². The molecule has 7 heteroatoms. The van der Waals surface area contributed by atoms with Crippen molar-refractivity contribution in [2.24, 2.45) is 0 Å². The van der Waals surface area contributed by atoms with Gasteiger partial charge in [-0.3, -0.25) is 4.79 Å². The van der Waals surface area contributed by atoms with Crippen LogP contribution in [-0.4, -0.2) is 20.9 Å². The van der Waals surface area contributed by atoms with E-state index in [-0.39, 0.29) is 16.8 Å². The van der Waals surface area contributed by atoms with Crippen molar-refractivity contribution in [3.8, 4) is 0 Å². The second-order valence-electron chi connectivity index (χ2n) is 6.38. The number of rotatable bonds is 9. The maximum absolute atomic E-state index is 12.2. The Balaban J connectivity index is 1.87. The summed E-state index contributed by atoms with van der Waals surface area (Å²) in [4.78, 5) is 12.4. The van der Waals surface area contributed by atoms with E-state index in [1.165, 1.54) is 0 Å². The van der Waals surface area contributed by atoms with E-state index < -0.39 is 10.0 Å². The number of amides is 1. The quantitative estimate of drug-likeness (QED) is 0.604. The Kier molecular flexibility index (Phi) is 8.01. The molecule has 27 heavy (non-hydrogen) atoms. The van der Waals surface area contributed by atoms with E-state index in [1.807, 2.05) is 38.1 Å². The first-order chi connectivity index (χ1) is 12.8. The minimum atomic E-state index is -3.45. The summed E-state index contributed by atoms with van der Waals surface area (Å²) in [6.07, 6.45) is 1.65. The zero-order chi connectivity index (χ0) is 19.9. The monoisotopic (exact) mass is 452 g/mol. The molecule has 0 bridgehead atoms. The van der Waals surface area contributed by atoms with Gasteiger partial charge in [0.25, 0.3) is 0 Å². The number of carbonyl (C=O) groups is 1. The SMILES string of the molecule is CCCNS(=O)(=O)c1ccc(CCC(=O)N[C@H](C)c2ccc(Br)cc2)cc1. The van der Waals surface area contributed by atoms with Gasteiger partial charge in [0.2, 0.25) is 15.9 Å². The molecule has 0 unspecified atom stereocenters. The molecule has 0 aliphatic heterocycles. The van der Waals surface area contributed by atoms with E-state index in [9.17, 15) is 13.2 Å². The van der Waals surface area contributed by atoms with Crippen molar-refractivity contribution in [2.45, 2.75) is 44.0 Å². The first-order valence-electron chi connectivity index (χ1n) is 8.95. The molecule has 0 spiro atoms. The van der Waals surface area contributed by atoms with Crippen LogP contribution in [0.25, 0.3) is 0 Å². The van der Waals surface area contributed by atoms with Crippen LogP contribution in [0.4, 0.5) is 0 Å². The standard InChI is InChI=1S/C20H25BrN2O3S/c1-3-14-22-27(25,26)19-11-4-16(5-12-19)6-13-20(24)23-15(2)17-7-9-18(21)10-8-17/h4-5,7-12,15,22H,3,6,13-14H2,1-2H3,(H,23,24)/t15-/m1/s1. The summed E-state index contributed by atoms with van der Waals surface area (Å²) in [5.74, 6) is -0.0354. The first-order valence-corrected chi connectivity index (χ1v) is 11.2. The van der Waals surface area contributed by atoms with Gasteiger partial charge in [-0.1, -0.05) is 47.1 Å². The van der Waals surface area contributed by atoms with E-state index in [0.29, 0.717) is 19.4 Å². The Bertz CT molecular complexity index is 850. The Morgan fingerprint density at radius 3 is 2.30 bits per heavy atom. The van der Waals surface area contributed by atoms with Crippen molar-refractivity contribution in [1.82, 2.24) is 10.0 Å². The minimum absolute atomic E-state index is 0.0354. The summed E-state index contributed by atoms with van der Waals surface area (Å²) in [5.41, 5.74) is 1.97. The highest BCUT2D eigenvalue weighted by atomic mass is 79.9. The smallest absolute Gasteiger partial charge is 0.240 e. The molecular formula is C20H25BrN2O3S. The Labute approximate surface area is 169 Å². The topological polar surface area (TPSA) is 75.3 Å². The summed E-state index contributed by atoms with van der Waals surface area (Å²) < 4.78 is 27.7. The van der Waals surface area contributed by atoms with Gasteiger partial charge in [0.05, 0.1) is 10.9 Å². The molecule has 2 rings (SSSR count). The molecule has 2 aromatic rings. The summed E-state index contributed by atoms with van der Waals surface area (Å²) in [6.45, 7) is 4.28. The summed E-state index contributed by atoms with van der Waals surface area (Å²) >= 11 is 3.40. The van der Waals surface area contributed by atoms with Crippen molar-refractivity contribution in [3.05, 3.63) is 64.1 Å². The van der Waals surface area contributed by atoms with Gasteiger partial charge in [-0.15, -0.1) is 0 Å². The van der Waals surface area contributed by atoms with E-state index in [4.69, 9.17) is 0 Å². The molecule has 0 aliphatic carbocycles. The molecule has 146 valence electrons. The maximum atomic E-state index is 12.2. The van der Waals surface area contributed by atoms with Gasteiger partial charge in [0, 0.05) is 17.4 Å². The normalized spacial score (nSPS) is 12.6. The number of nitrogens with one attached hydrogen (secondary N) is 2. The lowest BCUT2D eigenvalue weighted by Crippen LogP contribution is -2.26. The molecule has 0 radical (unpaired) electrons. The molecule has 2 N–H and O–H groups in total. The number of hydrogen-bond donors (Lipinski definition) is 2. The van der Waals surface area contributed by atoms with Gasteiger partial charge in [-0.05, 0) is 55.2 Å². The number of aryl methyl sites for hydroxylation is 1. The van der Waals surface area contributed by atoms with E-state index in [2.05, 4.69) is 26.0 Å². The average molecular weight is 453 g/mol. The number of halogens is 1. The van der Waals surface area contributed by atoms with Gasteiger partial charge in [-0.2, -0.15) is 0 Å². The second-order valence-corrected chi connectivity index (χ2v) is 9.07. The largest absolute Gasteiger partial charge is 0.350 e. The third-order valence-electron chi connectivity index (χ3n) is 4.16. The maximum Gasteiger partial charge on any atom is 0.240 e. The summed E-state index contributed by atoms with van der Waals surface area (Å²) in [6, 6.07) is 14.4. The number of sulfonamides is 1. The fraction of sp³-hybridized carbons (Fsp3) is 0.350. The third kappa shape index (κ3) is 6.75. The van der Waals surface area contributed by atoms with Gasteiger partial charge < -0.3 is 5.32 Å². The Morgan fingerprint density at radius 2 is 1.70 bits per heavy atom. The molecule has 0 aliphatic rings. The molecule has 1 amide bonds. The molecule has 1 atom stereocenters. The first kappa shape index (κ1) is 21.6. The van der Waals surface area contributed by atoms with Gasteiger partial charge in [-0.25, -0.2) is 13.1 Å². The highest BCUT2D eigenvalue weighted by Gasteiger charge is 2.13. The van der Waals surface area contributed by atoms with Crippen molar-refractivity contribution >= 4 is 31.9 Å². The van der Waals surface area contributed by atoms with E-state index in [1.54, 1.807) is 24.3 Å². The molecule has 0 aromatic heterocycles. The van der Waals surface area contributed by atoms with Crippen LogP contribution in [0.5, 0.6) is 0 Å². The number of carbonyl (C=O) groups excluding carboxylic acids is 1. The summed E-state index contributed by atoms with van der Waals surface area (Å²) in [7, 11) is -3.45. The van der Waals surface area contributed by atoms with Gasteiger partial charge in [0.15, 0.2) is 0 Å². The Hall–Kier alpha value is -1.70. The van der Waals surface area contributed by atoms with Crippen molar-refractivity contribution < 1.29 is 13.2 Å². The lowest BCUT2D eigenvalue weighted by molar-refractivity contribution is -0.121. The predicted molar refractivity (Wildman–Crippen MR) is 111 cm³/mol. The highest BCUT2D eigenvalue weighted by Crippen LogP contribution is 2.17. The lowest BCUT2D eigenvalue weighted by Gasteiger charge is -2.14. The average Bonchev–Trinajstić information content (AvgIpc) is 2.65.